The Morgan fingerprint density at radius 1 is 1.29 bits per heavy atom. The zero-order valence-electron chi connectivity index (χ0n) is 7.20. The van der Waals surface area contributed by atoms with E-state index in [0.29, 0.717) is 5.56 Å². The first-order valence-corrected chi connectivity index (χ1v) is 5.30. The highest BCUT2D eigenvalue weighted by atomic mass is 35.5. The minimum atomic E-state index is 0.686. The van der Waals surface area contributed by atoms with Crippen LogP contribution in [0.1, 0.15) is 5.56 Å². The Balaban J connectivity index is 2.57. The summed E-state index contributed by atoms with van der Waals surface area (Å²) in [6.07, 6.45) is 0. The number of nitriles is 1. The van der Waals surface area contributed by atoms with E-state index in [1.165, 1.54) is 0 Å². The van der Waals surface area contributed by atoms with Crippen molar-refractivity contribution in [1.29, 1.82) is 5.26 Å². The molecule has 0 aliphatic carbocycles. The summed E-state index contributed by atoms with van der Waals surface area (Å²) in [6, 6.07) is 11.6. The maximum absolute atomic E-state index is 8.91. The van der Waals surface area contributed by atoms with Crippen molar-refractivity contribution in [2.24, 2.45) is 0 Å². The van der Waals surface area contributed by atoms with Gasteiger partial charge in [-0.2, -0.15) is 5.26 Å². The molecular formula is C11H6ClNS. The molecule has 2 rings (SSSR count). The minimum Gasteiger partial charge on any atom is -0.192 e. The fourth-order valence-electron chi connectivity index (χ4n) is 1.25. The summed E-state index contributed by atoms with van der Waals surface area (Å²) in [6.45, 7) is 0. The molecular weight excluding hydrogens is 214 g/mol. The first-order chi connectivity index (χ1) is 6.81. The highest BCUT2D eigenvalue weighted by molar-refractivity contribution is 7.14. The number of rotatable bonds is 1. The smallest absolute Gasteiger partial charge is 0.0998 e. The molecule has 0 aliphatic rings. The third-order valence-corrected chi connectivity index (χ3v) is 3.19. The van der Waals surface area contributed by atoms with E-state index in [-0.39, 0.29) is 0 Å². The summed E-state index contributed by atoms with van der Waals surface area (Å²) < 4.78 is 0. The van der Waals surface area contributed by atoms with Crippen molar-refractivity contribution in [2.75, 3.05) is 0 Å². The summed E-state index contributed by atoms with van der Waals surface area (Å²) in [5, 5.41) is 11.5. The zero-order valence-corrected chi connectivity index (χ0v) is 8.77. The van der Waals surface area contributed by atoms with Crippen LogP contribution >= 0.6 is 22.9 Å². The van der Waals surface area contributed by atoms with Crippen molar-refractivity contribution in [3.05, 3.63) is 46.3 Å². The number of nitrogens with zero attached hydrogens (tertiary/aromatic N) is 1. The van der Waals surface area contributed by atoms with E-state index >= 15 is 0 Å². The molecule has 0 radical (unpaired) electrons. The molecule has 0 spiro atoms. The van der Waals surface area contributed by atoms with E-state index in [0.717, 1.165) is 15.5 Å². The number of thiophene rings is 1. The monoisotopic (exact) mass is 219 g/mol. The van der Waals surface area contributed by atoms with Gasteiger partial charge in [-0.05, 0) is 12.1 Å². The fourth-order valence-corrected chi connectivity index (χ4v) is 2.36. The van der Waals surface area contributed by atoms with Crippen molar-refractivity contribution >= 4 is 22.9 Å². The number of hydrogen-bond acceptors (Lipinski definition) is 2. The summed E-state index contributed by atoms with van der Waals surface area (Å²) in [7, 11) is 0. The van der Waals surface area contributed by atoms with Gasteiger partial charge in [0.1, 0.15) is 0 Å². The molecule has 3 heteroatoms. The van der Waals surface area contributed by atoms with E-state index in [4.69, 9.17) is 16.9 Å². The summed E-state index contributed by atoms with van der Waals surface area (Å²) in [5.74, 6) is 0. The van der Waals surface area contributed by atoms with Gasteiger partial charge in [0.05, 0.1) is 16.7 Å². The van der Waals surface area contributed by atoms with Gasteiger partial charge in [0.15, 0.2) is 0 Å². The SMILES string of the molecule is N#Cc1ccccc1-c1cc(Cl)cs1. The molecule has 1 aromatic carbocycles. The average molecular weight is 220 g/mol. The van der Waals surface area contributed by atoms with Gasteiger partial charge in [-0.1, -0.05) is 29.8 Å². The predicted molar refractivity (Wildman–Crippen MR) is 59.5 cm³/mol. The van der Waals surface area contributed by atoms with Crippen LogP contribution in [0.2, 0.25) is 5.02 Å². The van der Waals surface area contributed by atoms with Crippen LogP contribution in [0, 0.1) is 11.3 Å². The molecule has 1 nitrogen and oxygen atoms in total. The molecule has 1 heterocycles. The minimum absolute atomic E-state index is 0.686. The fraction of sp³-hybridized carbons (Fsp3) is 0. The summed E-state index contributed by atoms with van der Waals surface area (Å²) in [5.41, 5.74) is 1.64. The third-order valence-electron chi connectivity index (χ3n) is 1.88. The van der Waals surface area contributed by atoms with Gasteiger partial charge < -0.3 is 0 Å². The Labute approximate surface area is 91.2 Å². The molecule has 0 saturated carbocycles. The maximum Gasteiger partial charge on any atom is 0.0998 e. The van der Waals surface area contributed by atoms with E-state index in [2.05, 4.69) is 6.07 Å². The van der Waals surface area contributed by atoms with Crippen molar-refractivity contribution in [3.8, 4) is 16.5 Å². The van der Waals surface area contributed by atoms with Crippen LogP contribution in [0.3, 0.4) is 0 Å². The first kappa shape index (κ1) is 9.26. The quantitative estimate of drug-likeness (QED) is 0.713. The van der Waals surface area contributed by atoms with Gasteiger partial charge in [-0.25, -0.2) is 0 Å². The standard InChI is InChI=1S/C11H6ClNS/c12-9-5-11(14-7-9)10-4-2-1-3-8(10)6-13/h1-5,7H. The van der Waals surface area contributed by atoms with Crippen LogP contribution in [0.25, 0.3) is 10.4 Å². The lowest BCUT2D eigenvalue weighted by molar-refractivity contribution is 1.49. The molecule has 0 saturated heterocycles. The van der Waals surface area contributed by atoms with Crippen LogP contribution in [-0.4, -0.2) is 0 Å². The summed E-state index contributed by atoms with van der Waals surface area (Å²) in [4.78, 5) is 1.03. The van der Waals surface area contributed by atoms with Crippen molar-refractivity contribution in [3.63, 3.8) is 0 Å². The van der Waals surface area contributed by atoms with E-state index in [1.54, 1.807) is 11.3 Å². The highest BCUT2D eigenvalue weighted by Crippen LogP contribution is 2.31. The first-order valence-electron chi connectivity index (χ1n) is 4.05. The molecule has 0 bridgehead atoms. The average Bonchev–Trinajstić information content (AvgIpc) is 2.65. The Morgan fingerprint density at radius 3 is 2.71 bits per heavy atom. The number of hydrogen-bond donors (Lipinski definition) is 0. The molecule has 0 aliphatic heterocycles. The molecule has 0 unspecified atom stereocenters. The molecule has 14 heavy (non-hydrogen) atoms. The number of benzene rings is 1. The summed E-state index contributed by atoms with van der Waals surface area (Å²) >= 11 is 7.38. The van der Waals surface area contributed by atoms with Crippen LogP contribution in [0.15, 0.2) is 35.7 Å². The lowest BCUT2D eigenvalue weighted by Gasteiger charge is -1.98. The van der Waals surface area contributed by atoms with Crippen molar-refractivity contribution in [1.82, 2.24) is 0 Å². The third kappa shape index (κ3) is 1.65. The number of halogens is 1. The highest BCUT2D eigenvalue weighted by Gasteiger charge is 2.05. The normalized spacial score (nSPS) is 9.71. The topological polar surface area (TPSA) is 23.8 Å². The van der Waals surface area contributed by atoms with E-state index in [9.17, 15) is 0 Å². The van der Waals surface area contributed by atoms with E-state index < -0.39 is 0 Å². The zero-order chi connectivity index (χ0) is 9.97. The van der Waals surface area contributed by atoms with Gasteiger partial charge >= 0.3 is 0 Å². The molecule has 0 amide bonds. The predicted octanol–water partition coefficient (Wildman–Crippen LogP) is 3.94. The van der Waals surface area contributed by atoms with Crippen LogP contribution in [0.4, 0.5) is 0 Å². The van der Waals surface area contributed by atoms with Crippen molar-refractivity contribution in [2.45, 2.75) is 0 Å². The maximum atomic E-state index is 8.91. The molecule has 2 aromatic rings. The second-order valence-electron chi connectivity index (χ2n) is 2.79. The van der Waals surface area contributed by atoms with Crippen molar-refractivity contribution < 1.29 is 0 Å². The molecule has 0 N–H and O–H groups in total. The van der Waals surface area contributed by atoms with Gasteiger partial charge in [-0.15, -0.1) is 11.3 Å². The molecule has 1 aromatic heterocycles. The van der Waals surface area contributed by atoms with Crippen LogP contribution in [-0.2, 0) is 0 Å². The second-order valence-corrected chi connectivity index (χ2v) is 4.13. The van der Waals surface area contributed by atoms with E-state index in [1.807, 2.05) is 35.7 Å². The van der Waals surface area contributed by atoms with Gasteiger partial charge in [0.2, 0.25) is 0 Å². The molecule has 0 fully saturated rings. The lowest BCUT2D eigenvalue weighted by atomic mass is 10.1. The van der Waals surface area contributed by atoms with Crippen LogP contribution in [0.5, 0.6) is 0 Å². The largest absolute Gasteiger partial charge is 0.192 e. The Hall–Kier alpha value is -1.30. The Kier molecular flexibility index (Phi) is 2.53. The van der Waals surface area contributed by atoms with Gasteiger partial charge in [0, 0.05) is 15.8 Å². The lowest BCUT2D eigenvalue weighted by Crippen LogP contribution is -1.79. The molecule has 0 atom stereocenters. The Morgan fingerprint density at radius 2 is 2.07 bits per heavy atom. The van der Waals surface area contributed by atoms with Gasteiger partial charge in [-0.3, -0.25) is 0 Å². The molecule has 68 valence electrons. The Bertz CT molecular complexity index is 496. The van der Waals surface area contributed by atoms with Crippen LogP contribution < -0.4 is 0 Å². The van der Waals surface area contributed by atoms with Gasteiger partial charge in [0.25, 0.3) is 0 Å². The second kappa shape index (κ2) is 3.83.